The number of ether oxygens (including phenoxy) is 1. The molecule has 3 rings (SSSR count). The smallest absolute Gasteiger partial charge is 0.273 e. The third kappa shape index (κ3) is 4.52. The first kappa shape index (κ1) is 18.6. The lowest BCUT2D eigenvalue weighted by Gasteiger charge is -2.21. The van der Waals surface area contributed by atoms with Crippen LogP contribution in [-0.2, 0) is 4.74 Å². The molecular weight excluding hydrogens is 328 g/mol. The minimum atomic E-state index is -0.234. The van der Waals surface area contributed by atoms with Gasteiger partial charge in [0.2, 0.25) is 0 Å². The second-order valence-electron chi connectivity index (χ2n) is 7.07. The van der Waals surface area contributed by atoms with Crippen LogP contribution in [0.15, 0.2) is 34.9 Å². The number of nitrogens with one attached hydrogen (secondary N) is 1. The van der Waals surface area contributed by atoms with Gasteiger partial charge < -0.3 is 14.6 Å². The topological polar surface area (TPSA) is 64.4 Å². The maximum atomic E-state index is 12.3. The van der Waals surface area contributed by atoms with Crippen molar-refractivity contribution in [1.82, 2.24) is 10.5 Å². The summed E-state index contributed by atoms with van der Waals surface area (Å²) in [7, 11) is 1.63. The quantitative estimate of drug-likeness (QED) is 0.791. The van der Waals surface area contributed by atoms with E-state index >= 15 is 0 Å². The minimum Gasteiger partial charge on any atom is -0.383 e. The number of methoxy groups -OCH3 is 1. The van der Waals surface area contributed by atoms with Gasteiger partial charge >= 0.3 is 0 Å². The van der Waals surface area contributed by atoms with Crippen LogP contribution in [0.4, 0.5) is 0 Å². The molecule has 140 valence electrons. The van der Waals surface area contributed by atoms with E-state index < -0.39 is 0 Å². The van der Waals surface area contributed by atoms with E-state index in [0.29, 0.717) is 24.0 Å². The van der Waals surface area contributed by atoms with Gasteiger partial charge in [0.1, 0.15) is 0 Å². The zero-order chi connectivity index (χ0) is 18.4. The van der Waals surface area contributed by atoms with Crippen LogP contribution < -0.4 is 5.32 Å². The molecule has 26 heavy (non-hydrogen) atoms. The van der Waals surface area contributed by atoms with Gasteiger partial charge in [-0.25, -0.2) is 0 Å². The zero-order valence-corrected chi connectivity index (χ0v) is 15.7. The summed E-state index contributed by atoms with van der Waals surface area (Å²) >= 11 is 0. The van der Waals surface area contributed by atoms with E-state index in [1.54, 1.807) is 13.2 Å². The number of benzene rings is 1. The van der Waals surface area contributed by atoms with Crippen LogP contribution in [0.5, 0.6) is 0 Å². The Kier molecular flexibility index (Phi) is 6.45. The molecule has 1 aromatic heterocycles. The molecule has 0 bridgehead atoms. The van der Waals surface area contributed by atoms with Crippen molar-refractivity contribution in [2.75, 3.05) is 13.7 Å². The Morgan fingerprint density at radius 1 is 1.27 bits per heavy atom. The third-order valence-corrected chi connectivity index (χ3v) is 5.21. The SMILES string of the molecule is CCC(COC)NC(=O)c1cc(-c2ccc(C3CCCCC3)cc2)on1. The molecule has 1 saturated carbocycles. The van der Waals surface area contributed by atoms with E-state index in [1.165, 1.54) is 37.7 Å². The van der Waals surface area contributed by atoms with Crippen molar-refractivity contribution in [3.05, 3.63) is 41.6 Å². The summed E-state index contributed by atoms with van der Waals surface area (Å²) in [6, 6.07) is 10.2. The van der Waals surface area contributed by atoms with E-state index in [2.05, 4.69) is 34.7 Å². The third-order valence-electron chi connectivity index (χ3n) is 5.21. The van der Waals surface area contributed by atoms with Crippen LogP contribution in [0.3, 0.4) is 0 Å². The fourth-order valence-electron chi connectivity index (χ4n) is 3.60. The molecule has 0 saturated heterocycles. The Labute approximate surface area is 155 Å². The monoisotopic (exact) mass is 356 g/mol. The number of hydrogen-bond donors (Lipinski definition) is 1. The summed E-state index contributed by atoms with van der Waals surface area (Å²) in [5.41, 5.74) is 2.64. The first-order chi connectivity index (χ1) is 12.7. The first-order valence-electron chi connectivity index (χ1n) is 9.58. The van der Waals surface area contributed by atoms with E-state index in [9.17, 15) is 4.79 Å². The maximum Gasteiger partial charge on any atom is 0.273 e. The van der Waals surface area contributed by atoms with Crippen LogP contribution in [0.2, 0.25) is 0 Å². The maximum absolute atomic E-state index is 12.3. The molecule has 5 heteroatoms. The molecule has 1 aliphatic rings. The number of aromatic nitrogens is 1. The Morgan fingerprint density at radius 2 is 2.00 bits per heavy atom. The fraction of sp³-hybridized carbons (Fsp3) is 0.524. The van der Waals surface area contributed by atoms with Crippen LogP contribution in [0, 0.1) is 0 Å². The predicted octanol–water partition coefficient (Wildman–Crippen LogP) is 4.54. The Hall–Kier alpha value is -2.14. The van der Waals surface area contributed by atoms with Crippen molar-refractivity contribution >= 4 is 5.91 Å². The summed E-state index contributed by atoms with van der Waals surface area (Å²) < 4.78 is 10.5. The molecule has 2 aromatic rings. The first-order valence-corrected chi connectivity index (χ1v) is 9.58. The summed E-state index contributed by atoms with van der Waals surface area (Å²) in [6.45, 7) is 2.49. The van der Waals surface area contributed by atoms with E-state index in [0.717, 1.165) is 12.0 Å². The largest absolute Gasteiger partial charge is 0.383 e. The minimum absolute atomic E-state index is 0.0255. The average Bonchev–Trinajstić information content (AvgIpc) is 3.19. The van der Waals surface area contributed by atoms with Gasteiger partial charge in [0.15, 0.2) is 11.5 Å². The van der Waals surface area contributed by atoms with Gasteiger partial charge in [-0.05, 0) is 30.7 Å². The van der Waals surface area contributed by atoms with Crippen molar-refractivity contribution in [2.45, 2.75) is 57.4 Å². The highest BCUT2D eigenvalue weighted by Crippen LogP contribution is 2.33. The lowest BCUT2D eigenvalue weighted by Crippen LogP contribution is -2.37. The molecule has 1 unspecified atom stereocenters. The van der Waals surface area contributed by atoms with Gasteiger partial charge in [-0.15, -0.1) is 0 Å². The summed E-state index contributed by atoms with van der Waals surface area (Å²) in [6.07, 6.45) is 7.38. The van der Waals surface area contributed by atoms with Gasteiger partial charge in [-0.3, -0.25) is 4.79 Å². The highest BCUT2D eigenvalue weighted by Gasteiger charge is 2.18. The Morgan fingerprint density at radius 3 is 2.65 bits per heavy atom. The van der Waals surface area contributed by atoms with Crippen LogP contribution >= 0.6 is 0 Å². The number of amides is 1. The van der Waals surface area contributed by atoms with E-state index in [1.807, 2.05) is 6.92 Å². The highest BCUT2D eigenvalue weighted by molar-refractivity contribution is 5.93. The molecule has 1 N–H and O–H groups in total. The van der Waals surface area contributed by atoms with Crippen molar-refractivity contribution in [3.63, 3.8) is 0 Å². The highest BCUT2D eigenvalue weighted by atomic mass is 16.5. The molecule has 5 nitrogen and oxygen atoms in total. The Balaban J connectivity index is 1.66. The predicted molar refractivity (Wildman–Crippen MR) is 101 cm³/mol. The molecule has 1 amide bonds. The van der Waals surface area contributed by atoms with Gasteiger partial charge in [0, 0.05) is 18.7 Å². The molecule has 1 heterocycles. The molecule has 0 radical (unpaired) electrons. The standard InChI is InChI=1S/C21H28N2O3/c1-3-18(14-25-2)22-21(24)19-13-20(26-23-19)17-11-9-16(10-12-17)15-7-5-4-6-8-15/h9-13,15,18H,3-8,14H2,1-2H3,(H,22,24). The number of rotatable bonds is 7. The molecule has 0 aliphatic heterocycles. The number of carbonyl (C=O) groups is 1. The average molecular weight is 356 g/mol. The molecule has 1 fully saturated rings. The normalized spacial score (nSPS) is 16.4. The zero-order valence-electron chi connectivity index (χ0n) is 15.7. The van der Waals surface area contributed by atoms with Crippen molar-refractivity contribution in [1.29, 1.82) is 0 Å². The van der Waals surface area contributed by atoms with Crippen molar-refractivity contribution < 1.29 is 14.1 Å². The van der Waals surface area contributed by atoms with Crippen LogP contribution in [0.1, 0.15) is 67.4 Å². The van der Waals surface area contributed by atoms with Gasteiger partial charge in [-0.2, -0.15) is 0 Å². The van der Waals surface area contributed by atoms with Crippen molar-refractivity contribution in [2.24, 2.45) is 0 Å². The Bertz CT molecular complexity index is 702. The number of hydrogen-bond acceptors (Lipinski definition) is 4. The molecule has 1 aliphatic carbocycles. The van der Waals surface area contributed by atoms with Crippen molar-refractivity contribution in [3.8, 4) is 11.3 Å². The van der Waals surface area contributed by atoms with E-state index in [4.69, 9.17) is 9.26 Å². The van der Waals surface area contributed by atoms with Gasteiger partial charge in [-0.1, -0.05) is 55.6 Å². The summed E-state index contributed by atoms with van der Waals surface area (Å²) in [5, 5.41) is 6.84. The second kappa shape index (κ2) is 8.99. The lowest BCUT2D eigenvalue weighted by atomic mass is 9.84. The fourth-order valence-corrected chi connectivity index (χ4v) is 3.60. The van der Waals surface area contributed by atoms with Gasteiger partial charge in [0.25, 0.3) is 5.91 Å². The number of carbonyl (C=O) groups excluding carboxylic acids is 1. The summed E-state index contributed by atoms with van der Waals surface area (Å²) in [5.74, 6) is 1.06. The second-order valence-corrected chi connectivity index (χ2v) is 7.07. The summed E-state index contributed by atoms with van der Waals surface area (Å²) in [4.78, 5) is 12.3. The van der Waals surface area contributed by atoms with Gasteiger partial charge in [0.05, 0.1) is 12.6 Å². The molecular formula is C21H28N2O3. The molecule has 0 spiro atoms. The van der Waals surface area contributed by atoms with Crippen LogP contribution in [0.25, 0.3) is 11.3 Å². The molecule has 1 atom stereocenters. The van der Waals surface area contributed by atoms with Crippen LogP contribution in [-0.4, -0.2) is 30.8 Å². The molecule has 1 aromatic carbocycles. The van der Waals surface area contributed by atoms with E-state index in [-0.39, 0.29) is 11.9 Å². The lowest BCUT2D eigenvalue weighted by molar-refractivity contribution is 0.0885. The number of nitrogens with zero attached hydrogens (tertiary/aromatic N) is 1.